The summed E-state index contributed by atoms with van der Waals surface area (Å²) >= 11 is 0. The highest BCUT2D eigenvalue weighted by atomic mass is 16.2. The van der Waals surface area contributed by atoms with E-state index in [2.05, 4.69) is 17.0 Å². The van der Waals surface area contributed by atoms with E-state index >= 15 is 0 Å². The number of nitrogens with zero attached hydrogens (tertiary/aromatic N) is 4. The third-order valence-corrected chi connectivity index (χ3v) is 4.39. The highest BCUT2D eigenvalue weighted by molar-refractivity contribution is 5.92. The van der Waals surface area contributed by atoms with E-state index in [0.29, 0.717) is 5.69 Å². The number of hydrogen-bond donors (Lipinski definition) is 0. The van der Waals surface area contributed by atoms with Gasteiger partial charge in [-0.25, -0.2) is 4.98 Å². The maximum Gasteiger partial charge on any atom is 0.272 e. The van der Waals surface area contributed by atoms with Crippen molar-refractivity contribution < 1.29 is 4.79 Å². The van der Waals surface area contributed by atoms with Gasteiger partial charge in [0, 0.05) is 43.6 Å². The van der Waals surface area contributed by atoms with Crippen molar-refractivity contribution in [3.05, 3.63) is 47.5 Å². The summed E-state index contributed by atoms with van der Waals surface area (Å²) in [7, 11) is 1.95. The van der Waals surface area contributed by atoms with Gasteiger partial charge < -0.3 is 4.90 Å². The van der Waals surface area contributed by atoms with Gasteiger partial charge in [0.05, 0.1) is 0 Å². The highest BCUT2D eigenvalue weighted by Crippen LogP contribution is 2.23. The molecule has 1 fully saturated rings. The van der Waals surface area contributed by atoms with Gasteiger partial charge in [-0.2, -0.15) is 5.10 Å². The fourth-order valence-corrected chi connectivity index (χ4v) is 3.10. The highest BCUT2D eigenvalue weighted by Gasteiger charge is 2.30. The molecule has 5 nitrogen and oxygen atoms in total. The fraction of sp³-hybridized carbons (Fsp3) is 0.471. The Morgan fingerprint density at radius 2 is 2.23 bits per heavy atom. The SMILES string of the molecule is CCc1cccc(C(=O)N2CCC[C@H]2Cc2ccnn2C)n1. The molecule has 1 saturated heterocycles. The lowest BCUT2D eigenvalue weighted by atomic mass is 10.1. The van der Waals surface area contributed by atoms with Crippen molar-refractivity contribution in [1.82, 2.24) is 19.7 Å². The summed E-state index contributed by atoms with van der Waals surface area (Å²) < 4.78 is 1.89. The average Bonchev–Trinajstić information content (AvgIpc) is 3.17. The molecule has 3 heterocycles. The second-order valence-electron chi connectivity index (χ2n) is 5.81. The van der Waals surface area contributed by atoms with Crippen LogP contribution in [0.4, 0.5) is 0 Å². The molecule has 3 rings (SSSR count). The minimum absolute atomic E-state index is 0.0555. The lowest BCUT2D eigenvalue weighted by Crippen LogP contribution is -2.37. The molecule has 0 aliphatic carbocycles. The Hall–Kier alpha value is -2.17. The summed E-state index contributed by atoms with van der Waals surface area (Å²) in [6, 6.07) is 7.98. The normalized spacial score (nSPS) is 17.9. The van der Waals surface area contributed by atoms with Crippen LogP contribution < -0.4 is 0 Å². The first-order chi connectivity index (χ1) is 10.7. The Bertz CT molecular complexity index is 664. The van der Waals surface area contributed by atoms with E-state index in [1.807, 2.05) is 47.1 Å². The van der Waals surface area contributed by atoms with E-state index < -0.39 is 0 Å². The number of likely N-dealkylation sites (tertiary alicyclic amines) is 1. The van der Waals surface area contributed by atoms with Gasteiger partial charge in [0.1, 0.15) is 5.69 Å². The minimum atomic E-state index is 0.0555. The second-order valence-corrected chi connectivity index (χ2v) is 5.81. The van der Waals surface area contributed by atoms with Gasteiger partial charge in [0.2, 0.25) is 0 Å². The molecule has 0 spiro atoms. The van der Waals surface area contributed by atoms with Gasteiger partial charge in [0.15, 0.2) is 0 Å². The van der Waals surface area contributed by atoms with Crippen molar-refractivity contribution in [3.8, 4) is 0 Å². The molecule has 1 aliphatic heterocycles. The van der Waals surface area contributed by atoms with Crippen molar-refractivity contribution in [3.63, 3.8) is 0 Å². The second kappa shape index (κ2) is 6.30. The summed E-state index contributed by atoms with van der Waals surface area (Å²) in [6.07, 6.45) is 5.62. The molecule has 116 valence electrons. The number of carbonyl (C=O) groups excluding carboxylic acids is 1. The van der Waals surface area contributed by atoms with Crippen molar-refractivity contribution in [2.24, 2.45) is 7.05 Å². The Morgan fingerprint density at radius 3 is 2.95 bits per heavy atom. The first kappa shape index (κ1) is 14.8. The molecule has 1 aliphatic rings. The van der Waals surface area contributed by atoms with Crippen LogP contribution in [0.2, 0.25) is 0 Å². The van der Waals surface area contributed by atoms with Crippen LogP contribution in [0.3, 0.4) is 0 Å². The summed E-state index contributed by atoms with van der Waals surface area (Å²) in [4.78, 5) is 19.2. The molecule has 22 heavy (non-hydrogen) atoms. The van der Waals surface area contributed by atoms with E-state index in [0.717, 1.165) is 37.9 Å². The molecule has 2 aromatic heterocycles. The van der Waals surface area contributed by atoms with Crippen LogP contribution in [-0.4, -0.2) is 38.2 Å². The Balaban J connectivity index is 1.77. The number of carbonyl (C=O) groups is 1. The molecule has 1 amide bonds. The molecule has 0 saturated carbocycles. The van der Waals surface area contributed by atoms with Crippen LogP contribution in [0.1, 0.15) is 41.6 Å². The Kier molecular flexibility index (Phi) is 4.22. The molecular formula is C17H22N4O. The minimum Gasteiger partial charge on any atom is -0.334 e. The van der Waals surface area contributed by atoms with E-state index in [9.17, 15) is 4.79 Å². The third kappa shape index (κ3) is 2.89. The van der Waals surface area contributed by atoms with E-state index in [1.54, 1.807) is 0 Å². The summed E-state index contributed by atoms with van der Waals surface area (Å²) in [5, 5.41) is 4.21. The predicted molar refractivity (Wildman–Crippen MR) is 84.6 cm³/mol. The van der Waals surface area contributed by atoms with Crippen LogP contribution in [-0.2, 0) is 19.9 Å². The number of aryl methyl sites for hydroxylation is 2. The van der Waals surface area contributed by atoms with Crippen molar-refractivity contribution >= 4 is 5.91 Å². The maximum absolute atomic E-state index is 12.8. The van der Waals surface area contributed by atoms with Crippen LogP contribution >= 0.6 is 0 Å². The summed E-state index contributed by atoms with van der Waals surface area (Å²) in [5.41, 5.74) is 2.70. The number of aromatic nitrogens is 3. The number of amides is 1. The molecular weight excluding hydrogens is 276 g/mol. The summed E-state index contributed by atoms with van der Waals surface area (Å²) in [6.45, 7) is 2.87. The number of hydrogen-bond acceptors (Lipinski definition) is 3. The van der Waals surface area contributed by atoms with E-state index in [1.165, 1.54) is 5.69 Å². The summed E-state index contributed by atoms with van der Waals surface area (Å²) in [5.74, 6) is 0.0555. The van der Waals surface area contributed by atoms with E-state index in [-0.39, 0.29) is 11.9 Å². The smallest absolute Gasteiger partial charge is 0.272 e. The van der Waals surface area contributed by atoms with Crippen LogP contribution in [0.25, 0.3) is 0 Å². The quantitative estimate of drug-likeness (QED) is 0.869. The molecule has 5 heteroatoms. The molecule has 0 radical (unpaired) electrons. The predicted octanol–water partition coefficient (Wildman–Crippen LogP) is 2.22. The first-order valence-corrected chi connectivity index (χ1v) is 7.93. The molecule has 0 unspecified atom stereocenters. The van der Waals surface area contributed by atoms with Crippen molar-refractivity contribution in [1.29, 1.82) is 0 Å². The van der Waals surface area contributed by atoms with Gasteiger partial charge in [-0.3, -0.25) is 9.48 Å². The standard InChI is InChI=1S/C17H22N4O/c1-3-13-6-4-8-16(19-13)17(22)21-11-5-7-15(21)12-14-9-10-18-20(14)2/h4,6,8-10,15H,3,5,7,11-12H2,1-2H3/t15-/m0/s1. The zero-order valence-corrected chi connectivity index (χ0v) is 13.2. The van der Waals surface area contributed by atoms with Gasteiger partial charge in [-0.15, -0.1) is 0 Å². The van der Waals surface area contributed by atoms with Gasteiger partial charge >= 0.3 is 0 Å². The zero-order valence-electron chi connectivity index (χ0n) is 13.2. The van der Waals surface area contributed by atoms with Crippen LogP contribution in [0.5, 0.6) is 0 Å². The zero-order chi connectivity index (χ0) is 15.5. The van der Waals surface area contributed by atoms with Crippen molar-refractivity contribution in [2.75, 3.05) is 6.54 Å². The molecule has 0 aromatic carbocycles. The monoisotopic (exact) mass is 298 g/mol. The van der Waals surface area contributed by atoms with Crippen molar-refractivity contribution in [2.45, 2.75) is 38.6 Å². The molecule has 1 atom stereocenters. The van der Waals surface area contributed by atoms with Gasteiger partial charge in [-0.1, -0.05) is 13.0 Å². The Labute approximate surface area is 131 Å². The lowest BCUT2D eigenvalue weighted by Gasteiger charge is -2.24. The lowest BCUT2D eigenvalue weighted by molar-refractivity contribution is 0.0729. The van der Waals surface area contributed by atoms with Gasteiger partial charge in [-0.05, 0) is 37.5 Å². The third-order valence-electron chi connectivity index (χ3n) is 4.39. The topological polar surface area (TPSA) is 51.0 Å². The first-order valence-electron chi connectivity index (χ1n) is 7.93. The number of rotatable bonds is 4. The van der Waals surface area contributed by atoms with Gasteiger partial charge in [0.25, 0.3) is 5.91 Å². The maximum atomic E-state index is 12.8. The molecule has 2 aromatic rings. The number of pyridine rings is 1. The largest absolute Gasteiger partial charge is 0.334 e. The molecule has 0 N–H and O–H groups in total. The Morgan fingerprint density at radius 1 is 1.36 bits per heavy atom. The average molecular weight is 298 g/mol. The van der Waals surface area contributed by atoms with Crippen LogP contribution in [0.15, 0.2) is 30.5 Å². The molecule has 0 bridgehead atoms. The van der Waals surface area contributed by atoms with E-state index in [4.69, 9.17) is 0 Å². The fourth-order valence-electron chi connectivity index (χ4n) is 3.10. The van der Waals surface area contributed by atoms with Crippen LogP contribution in [0, 0.1) is 0 Å².